The number of carbonyl (C=O) groups excluding carboxylic acids is 2. The fraction of sp³-hybridized carbons (Fsp3) is 0.481. The second-order valence-corrected chi connectivity index (χ2v) is 10.0. The van der Waals surface area contributed by atoms with Crippen LogP contribution in [0.25, 0.3) is 0 Å². The second-order valence-electron chi connectivity index (χ2n) is 10.0. The quantitative estimate of drug-likeness (QED) is 0.691. The number of methoxy groups -OCH3 is 1. The molecule has 0 spiro atoms. The Kier molecular flexibility index (Phi) is 7.21. The molecule has 2 aromatic rings. The number of fused-ring (bicyclic) bond motifs is 1. The third-order valence-corrected chi connectivity index (χ3v) is 6.37. The summed E-state index contributed by atoms with van der Waals surface area (Å²) in [6.45, 7) is 6.55. The molecule has 0 saturated carbocycles. The van der Waals surface area contributed by atoms with Gasteiger partial charge in [-0.3, -0.25) is 9.69 Å². The standard InChI is InChI=1S/C27H35N3O5/c1-27(2,3)35-26(32)30-15-9-12-20(24(30)18-10-7-6-8-11-18)28-17-23-25(31)29(4)21-14-13-19(33-5)16-22(21)34-23/h6-8,10-11,13-14,16,20,23-24,28H,9,12,15,17H2,1-5H3/t20-,23?,24-/m0/s1. The van der Waals surface area contributed by atoms with E-state index in [1.54, 1.807) is 30.0 Å². The Morgan fingerprint density at radius 2 is 1.91 bits per heavy atom. The number of hydrogen-bond acceptors (Lipinski definition) is 6. The van der Waals surface area contributed by atoms with E-state index < -0.39 is 11.7 Å². The van der Waals surface area contributed by atoms with E-state index in [2.05, 4.69) is 5.32 Å². The van der Waals surface area contributed by atoms with Crippen molar-refractivity contribution in [2.75, 3.05) is 32.1 Å². The zero-order valence-electron chi connectivity index (χ0n) is 21.1. The van der Waals surface area contributed by atoms with Gasteiger partial charge in [0.2, 0.25) is 0 Å². The van der Waals surface area contributed by atoms with Crippen LogP contribution in [-0.4, -0.2) is 61.9 Å². The number of piperidine rings is 1. The van der Waals surface area contributed by atoms with Crippen molar-refractivity contribution >= 4 is 17.7 Å². The van der Waals surface area contributed by atoms with Crippen molar-refractivity contribution in [1.29, 1.82) is 0 Å². The molecule has 0 bridgehead atoms. The Labute approximate surface area is 207 Å². The van der Waals surface area contributed by atoms with E-state index >= 15 is 0 Å². The molecule has 1 fully saturated rings. The molecule has 0 aliphatic carbocycles. The largest absolute Gasteiger partial charge is 0.497 e. The van der Waals surface area contributed by atoms with E-state index in [-0.39, 0.29) is 24.1 Å². The van der Waals surface area contributed by atoms with Crippen molar-refractivity contribution in [2.45, 2.75) is 57.4 Å². The third kappa shape index (κ3) is 5.53. The first-order chi connectivity index (χ1) is 16.7. The van der Waals surface area contributed by atoms with E-state index in [1.165, 1.54) is 0 Å². The summed E-state index contributed by atoms with van der Waals surface area (Å²) in [6.07, 6.45) is 0.677. The monoisotopic (exact) mass is 481 g/mol. The van der Waals surface area contributed by atoms with Gasteiger partial charge in [0.05, 0.1) is 18.8 Å². The van der Waals surface area contributed by atoms with Crippen LogP contribution in [0, 0.1) is 0 Å². The average Bonchev–Trinajstić information content (AvgIpc) is 2.84. The summed E-state index contributed by atoms with van der Waals surface area (Å²) in [5.74, 6) is 1.16. The highest BCUT2D eigenvalue weighted by molar-refractivity contribution is 5.99. The number of ether oxygens (including phenoxy) is 3. The maximum absolute atomic E-state index is 13.1. The number of benzene rings is 2. The van der Waals surface area contributed by atoms with Crippen LogP contribution < -0.4 is 19.7 Å². The summed E-state index contributed by atoms with van der Waals surface area (Å²) in [5, 5.41) is 3.54. The predicted octanol–water partition coefficient (Wildman–Crippen LogP) is 4.15. The zero-order chi connectivity index (χ0) is 25.2. The fourth-order valence-corrected chi connectivity index (χ4v) is 4.72. The number of carbonyl (C=O) groups is 2. The number of hydrogen-bond donors (Lipinski definition) is 1. The van der Waals surface area contributed by atoms with Crippen molar-refractivity contribution in [3.63, 3.8) is 0 Å². The Hall–Kier alpha value is -3.26. The highest BCUT2D eigenvalue weighted by Crippen LogP contribution is 2.37. The van der Waals surface area contributed by atoms with Gasteiger partial charge < -0.3 is 24.4 Å². The van der Waals surface area contributed by atoms with Crippen molar-refractivity contribution in [3.05, 3.63) is 54.1 Å². The van der Waals surface area contributed by atoms with Crippen LogP contribution in [0.3, 0.4) is 0 Å². The molecule has 1 unspecified atom stereocenters. The minimum absolute atomic E-state index is 0.0629. The SMILES string of the molecule is COc1ccc2c(c1)OC(CN[C@H]1CCCN(C(=O)OC(C)(C)C)[C@H]1c1ccccc1)C(=O)N2C. The molecule has 3 atom stereocenters. The van der Waals surface area contributed by atoms with Crippen LogP contribution in [0.5, 0.6) is 11.5 Å². The first-order valence-corrected chi connectivity index (χ1v) is 12.1. The number of anilines is 1. The van der Waals surface area contributed by atoms with Gasteiger partial charge in [0.1, 0.15) is 17.1 Å². The minimum atomic E-state index is -0.687. The number of nitrogens with zero attached hydrogens (tertiary/aromatic N) is 2. The van der Waals surface area contributed by atoms with Crippen LogP contribution in [-0.2, 0) is 9.53 Å². The van der Waals surface area contributed by atoms with Gasteiger partial charge in [0.25, 0.3) is 5.91 Å². The lowest BCUT2D eigenvalue weighted by atomic mass is 9.90. The summed E-state index contributed by atoms with van der Waals surface area (Å²) >= 11 is 0. The normalized spacial score (nSPS) is 22.3. The van der Waals surface area contributed by atoms with Crippen LogP contribution >= 0.6 is 0 Å². The minimum Gasteiger partial charge on any atom is -0.497 e. The Bertz CT molecular complexity index is 1050. The third-order valence-electron chi connectivity index (χ3n) is 6.37. The first kappa shape index (κ1) is 24.9. The Balaban J connectivity index is 1.54. The summed E-state index contributed by atoms with van der Waals surface area (Å²) in [5.41, 5.74) is 1.15. The lowest BCUT2D eigenvalue weighted by Crippen LogP contribution is -2.55. The number of amides is 2. The molecule has 35 heavy (non-hydrogen) atoms. The van der Waals surface area contributed by atoms with Crippen molar-refractivity contribution < 1.29 is 23.8 Å². The predicted molar refractivity (Wildman–Crippen MR) is 134 cm³/mol. The summed E-state index contributed by atoms with van der Waals surface area (Å²) in [7, 11) is 3.35. The molecule has 2 aromatic carbocycles. The van der Waals surface area contributed by atoms with Crippen LogP contribution in [0.4, 0.5) is 10.5 Å². The second kappa shape index (κ2) is 10.2. The fourth-order valence-electron chi connectivity index (χ4n) is 4.72. The van der Waals surface area contributed by atoms with Crippen LogP contribution in [0.2, 0.25) is 0 Å². The van der Waals surface area contributed by atoms with Gasteiger partial charge in [-0.05, 0) is 51.3 Å². The van der Waals surface area contributed by atoms with E-state index in [1.807, 2.05) is 63.2 Å². The van der Waals surface area contributed by atoms with Gasteiger partial charge in [0.15, 0.2) is 6.10 Å². The van der Waals surface area contributed by atoms with E-state index in [9.17, 15) is 9.59 Å². The molecular formula is C27H35N3O5. The Morgan fingerprint density at radius 1 is 1.17 bits per heavy atom. The van der Waals surface area contributed by atoms with Crippen molar-refractivity contribution in [1.82, 2.24) is 10.2 Å². The highest BCUT2D eigenvalue weighted by atomic mass is 16.6. The molecule has 2 aliphatic rings. The van der Waals surface area contributed by atoms with E-state index in [0.29, 0.717) is 30.3 Å². The van der Waals surface area contributed by atoms with Crippen molar-refractivity contribution in [3.8, 4) is 11.5 Å². The molecule has 2 aliphatic heterocycles. The van der Waals surface area contributed by atoms with Gasteiger partial charge in [-0.1, -0.05) is 30.3 Å². The van der Waals surface area contributed by atoms with Gasteiger partial charge in [-0.25, -0.2) is 4.79 Å². The van der Waals surface area contributed by atoms with Crippen molar-refractivity contribution in [2.24, 2.45) is 0 Å². The zero-order valence-corrected chi connectivity index (χ0v) is 21.1. The summed E-state index contributed by atoms with van der Waals surface area (Å²) in [6, 6.07) is 15.1. The number of nitrogens with one attached hydrogen (secondary N) is 1. The molecule has 0 radical (unpaired) electrons. The highest BCUT2D eigenvalue weighted by Gasteiger charge is 2.39. The maximum Gasteiger partial charge on any atom is 0.410 e. The molecule has 2 amide bonds. The molecule has 8 heteroatoms. The van der Waals surface area contributed by atoms with E-state index in [4.69, 9.17) is 14.2 Å². The topological polar surface area (TPSA) is 80.3 Å². The molecule has 1 N–H and O–H groups in total. The van der Waals surface area contributed by atoms with Gasteiger partial charge in [0, 0.05) is 32.2 Å². The van der Waals surface area contributed by atoms with E-state index in [0.717, 1.165) is 18.4 Å². The molecule has 1 saturated heterocycles. The molecule has 188 valence electrons. The summed E-state index contributed by atoms with van der Waals surface area (Å²) < 4.78 is 17.1. The molecular weight excluding hydrogens is 446 g/mol. The molecule has 4 rings (SSSR count). The summed E-state index contributed by atoms with van der Waals surface area (Å²) in [4.78, 5) is 29.6. The Morgan fingerprint density at radius 3 is 2.60 bits per heavy atom. The maximum atomic E-state index is 13.1. The molecule has 2 heterocycles. The van der Waals surface area contributed by atoms with Gasteiger partial charge in [-0.2, -0.15) is 0 Å². The number of rotatable bonds is 5. The lowest BCUT2D eigenvalue weighted by Gasteiger charge is -2.43. The van der Waals surface area contributed by atoms with Gasteiger partial charge >= 0.3 is 6.09 Å². The van der Waals surface area contributed by atoms with Gasteiger partial charge in [-0.15, -0.1) is 0 Å². The smallest absolute Gasteiger partial charge is 0.410 e. The lowest BCUT2D eigenvalue weighted by molar-refractivity contribution is -0.126. The first-order valence-electron chi connectivity index (χ1n) is 12.1. The van der Waals surface area contributed by atoms with Crippen LogP contribution in [0.1, 0.15) is 45.2 Å². The molecule has 8 nitrogen and oxygen atoms in total. The van der Waals surface area contributed by atoms with Crippen LogP contribution in [0.15, 0.2) is 48.5 Å². The number of likely N-dealkylation sites (N-methyl/N-ethyl adjacent to an activating group) is 1. The number of likely N-dealkylation sites (tertiary alicyclic amines) is 1. The molecule has 0 aromatic heterocycles. The average molecular weight is 482 g/mol.